The molecule has 1 saturated heterocycles. The van der Waals surface area contributed by atoms with Crippen LogP contribution in [0.1, 0.15) is 20.3 Å². The minimum atomic E-state index is -0.963. The molecule has 1 heterocycles. The first kappa shape index (κ1) is 13.0. The molecule has 0 bridgehead atoms. The van der Waals surface area contributed by atoms with Crippen LogP contribution in [0.2, 0.25) is 0 Å². The van der Waals surface area contributed by atoms with E-state index in [-0.39, 0.29) is 17.7 Å². The van der Waals surface area contributed by atoms with Gasteiger partial charge in [-0.1, -0.05) is 13.8 Å². The van der Waals surface area contributed by atoms with Crippen LogP contribution in [0.4, 0.5) is 0 Å². The number of aliphatic carboxylic acids is 1. The van der Waals surface area contributed by atoms with E-state index < -0.39 is 12.0 Å². The fourth-order valence-electron chi connectivity index (χ4n) is 1.93. The molecule has 2 atom stereocenters. The number of carbonyl (C=O) groups excluding carboxylic acids is 1. The third-order valence-corrected chi connectivity index (χ3v) is 2.99. The first-order chi connectivity index (χ1) is 7.41. The number of hydrogen-bond donors (Lipinski definition) is 2. The maximum absolute atomic E-state index is 11.8. The monoisotopic (exact) mass is 228 g/mol. The lowest BCUT2D eigenvalue weighted by Crippen LogP contribution is -2.47. The molecular weight excluding hydrogens is 208 g/mol. The van der Waals surface area contributed by atoms with Crippen molar-refractivity contribution in [2.24, 2.45) is 11.8 Å². The Hall–Kier alpha value is -1.10. The van der Waals surface area contributed by atoms with Crippen molar-refractivity contribution in [3.05, 3.63) is 0 Å². The Morgan fingerprint density at radius 3 is 2.44 bits per heavy atom. The van der Waals surface area contributed by atoms with E-state index in [0.29, 0.717) is 0 Å². The second-order valence-corrected chi connectivity index (χ2v) is 4.82. The number of rotatable bonds is 4. The fourth-order valence-corrected chi connectivity index (χ4v) is 1.93. The van der Waals surface area contributed by atoms with Gasteiger partial charge < -0.3 is 15.3 Å². The van der Waals surface area contributed by atoms with Gasteiger partial charge in [-0.25, -0.2) is 4.79 Å². The number of carboxylic acids is 1. The highest BCUT2D eigenvalue weighted by Gasteiger charge is 2.30. The zero-order valence-corrected chi connectivity index (χ0v) is 10.1. The molecule has 0 aromatic heterocycles. The highest BCUT2D eigenvalue weighted by molar-refractivity contribution is 5.85. The molecule has 5 heteroatoms. The molecule has 0 spiro atoms. The highest BCUT2D eigenvalue weighted by Crippen LogP contribution is 2.15. The molecule has 1 amide bonds. The molecule has 5 nitrogen and oxygen atoms in total. The molecule has 1 unspecified atom stereocenters. The predicted molar refractivity (Wildman–Crippen MR) is 60.0 cm³/mol. The van der Waals surface area contributed by atoms with Crippen molar-refractivity contribution in [2.45, 2.75) is 26.3 Å². The average Bonchev–Trinajstić information content (AvgIpc) is 2.59. The Kier molecular flexibility index (Phi) is 4.29. The lowest BCUT2D eigenvalue weighted by Gasteiger charge is -2.20. The van der Waals surface area contributed by atoms with Crippen LogP contribution in [0.25, 0.3) is 0 Å². The van der Waals surface area contributed by atoms with Gasteiger partial charge in [-0.3, -0.25) is 4.79 Å². The van der Waals surface area contributed by atoms with Gasteiger partial charge in [-0.05, 0) is 25.9 Å². The summed E-state index contributed by atoms with van der Waals surface area (Å²) in [5, 5.41) is 11.6. The standard InChI is InChI=1S/C11H20N2O3/c1-7(2)9(11(15)16)12-10(14)8-4-5-13(3)6-8/h7-9H,4-6H2,1-3H3,(H,12,14)(H,15,16)/t8?,9-/m0/s1. The molecule has 16 heavy (non-hydrogen) atoms. The Morgan fingerprint density at radius 1 is 1.44 bits per heavy atom. The SMILES string of the molecule is CC(C)[C@H](NC(=O)C1CCN(C)C1)C(=O)O. The van der Waals surface area contributed by atoms with E-state index in [9.17, 15) is 9.59 Å². The van der Waals surface area contributed by atoms with Crippen LogP contribution in [-0.4, -0.2) is 48.1 Å². The van der Waals surface area contributed by atoms with Crippen molar-refractivity contribution in [3.8, 4) is 0 Å². The number of nitrogens with one attached hydrogen (secondary N) is 1. The molecular formula is C11H20N2O3. The Balaban J connectivity index is 2.52. The summed E-state index contributed by atoms with van der Waals surface area (Å²) < 4.78 is 0. The number of carbonyl (C=O) groups is 2. The van der Waals surface area contributed by atoms with Crippen molar-refractivity contribution < 1.29 is 14.7 Å². The number of amides is 1. The summed E-state index contributed by atoms with van der Waals surface area (Å²) in [6, 6.07) is -0.779. The van der Waals surface area contributed by atoms with Crippen molar-refractivity contribution in [2.75, 3.05) is 20.1 Å². The molecule has 0 radical (unpaired) electrons. The normalized spacial score (nSPS) is 23.4. The predicted octanol–water partition coefficient (Wildman–Crippen LogP) is 0.164. The number of likely N-dealkylation sites (tertiary alicyclic amines) is 1. The van der Waals surface area contributed by atoms with Gasteiger partial charge >= 0.3 is 5.97 Å². The minimum absolute atomic E-state index is 0.0643. The molecule has 1 aliphatic heterocycles. The van der Waals surface area contributed by atoms with Crippen LogP contribution in [0.3, 0.4) is 0 Å². The third kappa shape index (κ3) is 3.20. The van der Waals surface area contributed by atoms with Gasteiger partial charge in [0.1, 0.15) is 6.04 Å². The second-order valence-electron chi connectivity index (χ2n) is 4.82. The van der Waals surface area contributed by atoms with E-state index in [1.165, 1.54) is 0 Å². The van der Waals surface area contributed by atoms with E-state index in [1.54, 1.807) is 13.8 Å². The number of carboxylic acid groups (broad SMARTS) is 1. The molecule has 2 N–H and O–H groups in total. The first-order valence-electron chi connectivity index (χ1n) is 5.63. The molecule has 0 saturated carbocycles. The first-order valence-corrected chi connectivity index (χ1v) is 5.63. The van der Waals surface area contributed by atoms with Crippen molar-refractivity contribution in [1.29, 1.82) is 0 Å². The third-order valence-electron chi connectivity index (χ3n) is 2.99. The van der Waals surface area contributed by atoms with E-state index in [1.807, 2.05) is 7.05 Å². The lowest BCUT2D eigenvalue weighted by molar-refractivity contribution is -0.143. The largest absolute Gasteiger partial charge is 0.480 e. The van der Waals surface area contributed by atoms with Crippen LogP contribution >= 0.6 is 0 Å². The van der Waals surface area contributed by atoms with Crippen molar-refractivity contribution in [3.63, 3.8) is 0 Å². The van der Waals surface area contributed by atoms with Gasteiger partial charge in [0, 0.05) is 6.54 Å². The maximum atomic E-state index is 11.8. The summed E-state index contributed by atoms with van der Waals surface area (Å²) in [4.78, 5) is 24.8. The van der Waals surface area contributed by atoms with Gasteiger partial charge in [-0.2, -0.15) is 0 Å². The summed E-state index contributed by atoms with van der Waals surface area (Å²) >= 11 is 0. The summed E-state index contributed by atoms with van der Waals surface area (Å²) in [7, 11) is 1.96. The minimum Gasteiger partial charge on any atom is -0.480 e. The van der Waals surface area contributed by atoms with Gasteiger partial charge in [0.25, 0.3) is 0 Å². The fraction of sp³-hybridized carbons (Fsp3) is 0.818. The number of hydrogen-bond acceptors (Lipinski definition) is 3. The van der Waals surface area contributed by atoms with E-state index >= 15 is 0 Å². The molecule has 0 aromatic rings. The van der Waals surface area contributed by atoms with Gasteiger partial charge in [0.15, 0.2) is 0 Å². The Labute approximate surface area is 95.8 Å². The van der Waals surface area contributed by atoms with E-state index in [0.717, 1.165) is 19.5 Å². The Bertz CT molecular complexity index is 278. The topological polar surface area (TPSA) is 69.6 Å². The quantitative estimate of drug-likeness (QED) is 0.719. The highest BCUT2D eigenvalue weighted by atomic mass is 16.4. The number of nitrogens with zero attached hydrogens (tertiary/aromatic N) is 1. The smallest absolute Gasteiger partial charge is 0.326 e. The molecule has 1 aliphatic rings. The summed E-state index contributed by atoms with van der Waals surface area (Å²) in [5.74, 6) is -1.26. The molecule has 1 fully saturated rings. The van der Waals surface area contributed by atoms with Gasteiger partial charge in [0.05, 0.1) is 5.92 Å². The van der Waals surface area contributed by atoms with Crippen LogP contribution in [0.15, 0.2) is 0 Å². The molecule has 92 valence electrons. The van der Waals surface area contributed by atoms with E-state index in [2.05, 4.69) is 10.2 Å². The van der Waals surface area contributed by atoms with Gasteiger partial charge in [0.2, 0.25) is 5.91 Å². The second kappa shape index (κ2) is 5.30. The zero-order valence-electron chi connectivity index (χ0n) is 10.1. The Morgan fingerprint density at radius 2 is 2.06 bits per heavy atom. The average molecular weight is 228 g/mol. The summed E-state index contributed by atoms with van der Waals surface area (Å²) in [6.07, 6.45) is 0.812. The van der Waals surface area contributed by atoms with Gasteiger partial charge in [-0.15, -0.1) is 0 Å². The van der Waals surface area contributed by atoms with E-state index in [4.69, 9.17) is 5.11 Å². The van der Waals surface area contributed by atoms with Crippen molar-refractivity contribution >= 4 is 11.9 Å². The van der Waals surface area contributed by atoms with Crippen LogP contribution in [0.5, 0.6) is 0 Å². The van der Waals surface area contributed by atoms with Crippen LogP contribution in [-0.2, 0) is 9.59 Å². The lowest BCUT2D eigenvalue weighted by atomic mass is 10.0. The summed E-state index contributed by atoms with van der Waals surface area (Å²) in [6.45, 7) is 5.20. The molecule has 0 aromatic carbocycles. The maximum Gasteiger partial charge on any atom is 0.326 e. The molecule has 0 aliphatic carbocycles. The van der Waals surface area contributed by atoms with Crippen LogP contribution < -0.4 is 5.32 Å². The molecule has 1 rings (SSSR count). The van der Waals surface area contributed by atoms with Crippen molar-refractivity contribution in [1.82, 2.24) is 10.2 Å². The summed E-state index contributed by atoms with van der Waals surface area (Å²) in [5.41, 5.74) is 0. The van der Waals surface area contributed by atoms with Crippen LogP contribution in [0, 0.1) is 11.8 Å². The zero-order chi connectivity index (χ0) is 12.3.